The molecule has 1 fully saturated rings. The fourth-order valence-corrected chi connectivity index (χ4v) is 3.91. The number of carbonyl (C=O) groups is 1. The molecular formula is C17H27N3O4S2. The molecular weight excluding hydrogens is 374 g/mol. The van der Waals surface area contributed by atoms with Crippen LogP contribution in [0.3, 0.4) is 0 Å². The van der Waals surface area contributed by atoms with E-state index in [2.05, 4.69) is 14.9 Å². The summed E-state index contributed by atoms with van der Waals surface area (Å²) in [6.45, 7) is 4.55. The Kier molecular flexibility index (Phi) is 8.20. The van der Waals surface area contributed by atoms with Gasteiger partial charge in [0, 0.05) is 24.5 Å². The van der Waals surface area contributed by atoms with Gasteiger partial charge in [-0.15, -0.1) is 0 Å². The average Bonchev–Trinajstić information content (AvgIpc) is 2.66. The van der Waals surface area contributed by atoms with Crippen LogP contribution in [-0.4, -0.2) is 64.4 Å². The van der Waals surface area contributed by atoms with Gasteiger partial charge in [0.15, 0.2) is 0 Å². The van der Waals surface area contributed by atoms with Crippen LogP contribution in [0.15, 0.2) is 24.3 Å². The highest BCUT2D eigenvalue weighted by Gasteiger charge is 2.23. The number of sulfonamides is 1. The summed E-state index contributed by atoms with van der Waals surface area (Å²) in [6, 6.07) is 6.81. The molecule has 1 saturated heterocycles. The van der Waals surface area contributed by atoms with Gasteiger partial charge in [0.25, 0.3) is 0 Å². The number of thioether (sulfide) groups is 1. The van der Waals surface area contributed by atoms with Crippen LogP contribution in [-0.2, 0) is 19.6 Å². The van der Waals surface area contributed by atoms with Crippen molar-refractivity contribution in [3.63, 3.8) is 0 Å². The quantitative estimate of drug-likeness (QED) is 0.652. The van der Waals surface area contributed by atoms with Gasteiger partial charge in [-0.3, -0.25) is 4.79 Å². The number of benzene rings is 1. The van der Waals surface area contributed by atoms with Crippen LogP contribution >= 0.6 is 11.8 Å². The number of ether oxygens (including phenoxy) is 1. The Morgan fingerprint density at radius 1 is 1.35 bits per heavy atom. The van der Waals surface area contributed by atoms with E-state index in [0.29, 0.717) is 31.1 Å². The third-order valence-electron chi connectivity index (χ3n) is 4.12. The lowest BCUT2D eigenvalue weighted by atomic mass is 10.2. The van der Waals surface area contributed by atoms with E-state index in [-0.39, 0.29) is 11.7 Å². The Morgan fingerprint density at radius 3 is 2.73 bits per heavy atom. The Hall–Kier alpha value is -1.29. The van der Waals surface area contributed by atoms with Gasteiger partial charge < -0.3 is 15.0 Å². The molecule has 1 amide bonds. The first-order valence-electron chi connectivity index (χ1n) is 8.67. The molecule has 26 heavy (non-hydrogen) atoms. The van der Waals surface area contributed by atoms with Gasteiger partial charge in [-0.25, -0.2) is 13.1 Å². The lowest BCUT2D eigenvalue weighted by Crippen LogP contribution is -2.44. The first kappa shape index (κ1) is 21.0. The Bertz CT molecular complexity index is 691. The third-order valence-corrected chi connectivity index (χ3v) is 6.17. The molecule has 1 unspecified atom stereocenters. The summed E-state index contributed by atoms with van der Waals surface area (Å²) in [6.07, 6.45) is 2.37. The summed E-state index contributed by atoms with van der Waals surface area (Å²) in [5.41, 5.74) is 1.67. The summed E-state index contributed by atoms with van der Waals surface area (Å²) >= 11 is 1.58. The summed E-state index contributed by atoms with van der Waals surface area (Å²) in [5, 5.41) is 2.84. The highest BCUT2D eigenvalue weighted by Crippen LogP contribution is 2.21. The highest BCUT2D eigenvalue weighted by atomic mass is 32.2. The lowest BCUT2D eigenvalue weighted by Gasteiger charge is -2.29. The van der Waals surface area contributed by atoms with Crippen LogP contribution in [0.4, 0.5) is 11.4 Å². The number of amides is 1. The third kappa shape index (κ3) is 6.46. The molecule has 0 saturated carbocycles. The molecule has 7 nitrogen and oxygen atoms in total. The molecule has 146 valence electrons. The van der Waals surface area contributed by atoms with Crippen LogP contribution in [0.1, 0.15) is 13.3 Å². The molecule has 2 N–H and O–H groups in total. The van der Waals surface area contributed by atoms with E-state index >= 15 is 0 Å². The summed E-state index contributed by atoms with van der Waals surface area (Å²) in [4.78, 5) is 14.8. The van der Waals surface area contributed by atoms with Crippen LogP contribution < -0.4 is 14.9 Å². The monoisotopic (exact) mass is 401 g/mol. The van der Waals surface area contributed by atoms with Crippen molar-refractivity contribution in [2.75, 3.05) is 54.3 Å². The van der Waals surface area contributed by atoms with E-state index in [4.69, 9.17) is 4.74 Å². The predicted octanol–water partition coefficient (Wildman–Crippen LogP) is 1.52. The number of hydrogen-bond acceptors (Lipinski definition) is 6. The predicted molar refractivity (Wildman–Crippen MR) is 107 cm³/mol. The molecule has 1 atom stereocenters. The maximum Gasteiger partial charge on any atom is 0.242 e. The maximum absolute atomic E-state index is 12.6. The molecule has 0 spiro atoms. The summed E-state index contributed by atoms with van der Waals surface area (Å²) < 4.78 is 31.6. The fraction of sp³-hybridized carbons (Fsp3) is 0.588. The highest BCUT2D eigenvalue weighted by molar-refractivity contribution is 7.98. The van der Waals surface area contributed by atoms with Crippen LogP contribution in [0, 0.1) is 0 Å². The van der Waals surface area contributed by atoms with Gasteiger partial charge in [0.05, 0.1) is 19.0 Å². The Balaban J connectivity index is 2.07. The maximum atomic E-state index is 12.6. The molecule has 1 heterocycles. The first-order chi connectivity index (χ1) is 12.4. The standard InChI is InChI=1S/C17H27N3O4S2/c1-3-26(22,23)19-16(7-12-25-2)17(21)18-14-5-4-6-15(13-14)20-8-10-24-11-9-20/h4-6,13,16,19H,3,7-12H2,1-2H3,(H,18,21). The van der Waals surface area contributed by atoms with Crippen molar-refractivity contribution in [3.8, 4) is 0 Å². The zero-order chi connectivity index (χ0) is 19.0. The van der Waals surface area contributed by atoms with Gasteiger partial charge in [-0.2, -0.15) is 11.8 Å². The second kappa shape index (κ2) is 10.1. The molecule has 1 aromatic carbocycles. The normalized spacial score (nSPS) is 16.3. The summed E-state index contributed by atoms with van der Waals surface area (Å²) in [5.74, 6) is 0.302. The van der Waals surface area contributed by atoms with Crippen molar-refractivity contribution >= 4 is 39.1 Å². The van der Waals surface area contributed by atoms with Crippen molar-refractivity contribution < 1.29 is 17.9 Å². The second-order valence-corrected chi connectivity index (χ2v) is 9.02. The molecule has 0 radical (unpaired) electrons. The van der Waals surface area contributed by atoms with Gasteiger partial charge in [0.1, 0.15) is 6.04 Å². The van der Waals surface area contributed by atoms with Crippen LogP contribution in [0.5, 0.6) is 0 Å². The Morgan fingerprint density at radius 2 is 2.08 bits per heavy atom. The molecule has 2 rings (SSSR count). The van der Waals surface area contributed by atoms with Gasteiger partial charge in [-0.05, 0) is 43.6 Å². The SMILES string of the molecule is CCS(=O)(=O)NC(CCSC)C(=O)Nc1cccc(N2CCOCC2)c1. The zero-order valence-corrected chi connectivity index (χ0v) is 16.9. The fourth-order valence-electron chi connectivity index (χ4n) is 2.61. The van der Waals surface area contributed by atoms with E-state index in [1.54, 1.807) is 18.7 Å². The number of nitrogens with one attached hydrogen (secondary N) is 2. The van der Waals surface area contributed by atoms with E-state index in [1.807, 2.05) is 30.5 Å². The number of nitrogens with zero attached hydrogens (tertiary/aromatic N) is 1. The second-order valence-electron chi connectivity index (χ2n) is 5.99. The van der Waals surface area contributed by atoms with Gasteiger partial charge in [0.2, 0.25) is 15.9 Å². The van der Waals surface area contributed by atoms with Crippen molar-refractivity contribution in [2.45, 2.75) is 19.4 Å². The smallest absolute Gasteiger partial charge is 0.242 e. The van der Waals surface area contributed by atoms with Gasteiger partial charge in [-0.1, -0.05) is 6.07 Å². The lowest BCUT2D eigenvalue weighted by molar-refractivity contribution is -0.117. The van der Waals surface area contributed by atoms with Crippen molar-refractivity contribution in [1.82, 2.24) is 4.72 Å². The van der Waals surface area contributed by atoms with E-state index in [1.165, 1.54) is 0 Å². The number of hydrogen-bond donors (Lipinski definition) is 2. The zero-order valence-electron chi connectivity index (χ0n) is 15.2. The number of rotatable bonds is 9. The molecule has 1 aromatic rings. The van der Waals surface area contributed by atoms with E-state index in [9.17, 15) is 13.2 Å². The summed E-state index contributed by atoms with van der Waals surface area (Å²) in [7, 11) is -3.45. The van der Waals surface area contributed by atoms with Gasteiger partial charge >= 0.3 is 0 Å². The Labute approximate surface area is 159 Å². The minimum absolute atomic E-state index is 0.0530. The molecule has 1 aliphatic heterocycles. The van der Waals surface area contributed by atoms with Crippen molar-refractivity contribution in [1.29, 1.82) is 0 Å². The van der Waals surface area contributed by atoms with Crippen LogP contribution in [0.25, 0.3) is 0 Å². The molecule has 0 bridgehead atoms. The molecule has 9 heteroatoms. The minimum atomic E-state index is -3.45. The number of carbonyl (C=O) groups excluding carboxylic acids is 1. The number of anilines is 2. The molecule has 0 aliphatic carbocycles. The minimum Gasteiger partial charge on any atom is -0.378 e. The van der Waals surface area contributed by atoms with Crippen LogP contribution in [0.2, 0.25) is 0 Å². The number of morpholine rings is 1. The van der Waals surface area contributed by atoms with E-state index < -0.39 is 16.1 Å². The van der Waals surface area contributed by atoms with E-state index in [0.717, 1.165) is 18.8 Å². The van der Waals surface area contributed by atoms with Crippen molar-refractivity contribution in [2.24, 2.45) is 0 Å². The van der Waals surface area contributed by atoms with Crippen molar-refractivity contribution in [3.05, 3.63) is 24.3 Å². The topological polar surface area (TPSA) is 87.7 Å². The average molecular weight is 402 g/mol. The molecule has 1 aliphatic rings. The molecule has 0 aromatic heterocycles. The largest absolute Gasteiger partial charge is 0.378 e. The first-order valence-corrected chi connectivity index (χ1v) is 11.7.